The van der Waals surface area contributed by atoms with Crippen LogP contribution in [0.5, 0.6) is 0 Å². The molecule has 0 saturated carbocycles. The highest BCUT2D eigenvalue weighted by Crippen LogP contribution is 2.23. The van der Waals surface area contributed by atoms with Gasteiger partial charge in [-0.25, -0.2) is 12.7 Å². The molecule has 6 heteroatoms. The van der Waals surface area contributed by atoms with Gasteiger partial charge in [0.25, 0.3) is 0 Å². The van der Waals surface area contributed by atoms with Gasteiger partial charge in [0.05, 0.1) is 5.75 Å². The fourth-order valence-corrected chi connectivity index (χ4v) is 4.10. The van der Waals surface area contributed by atoms with Crippen molar-refractivity contribution in [3.05, 3.63) is 0 Å². The van der Waals surface area contributed by atoms with Crippen LogP contribution in [0.1, 0.15) is 33.1 Å². The normalized spacial score (nSPS) is 26.9. The number of carboxylic acid groups (broad SMARTS) is 1. The zero-order valence-electron chi connectivity index (χ0n) is 10.4. The van der Waals surface area contributed by atoms with Crippen molar-refractivity contribution in [1.82, 2.24) is 4.31 Å². The van der Waals surface area contributed by atoms with Crippen LogP contribution in [0.2, 0.25) is 0 Å². The summed E-state index contributed by atoms with van der Waals surface area (Å²) in [6.45, 7) is 5.24. The molecule has 1 rings (SSSR count). The Hall–Kier alpha value is -0.620. The summed E-state index contributed by atoms with van der Waals surface area (Å²) in [7, 11) is -3.27. The fraction of sp³-hybridized carbons (Fsp3) is 0.909. The molecule has 0 radical (unpaired) electrons. The van der Waals surface area contributed by atoms with Crippen LogP contribution < -0.4 is 0 Å². The van der Waals surface area contributed by atoms with Crippen LogP contribution >= 0.6 is 0 Å². The molecule has 1 heterocycles. The highest BCUT2D eigenvalue weighted by molar-refractivity contribution is 7.89. The molecule has 0 aliphatic carbocycles. The minimum atomic E-state index is -3.27. The van der Waals surface area contributed by atoms with Crippen molar-refractivity contribution in [2.45, 2.75) is 33.1 Å². The minimum Gasteiger partial charge on any atom is -0.481 e. The van der Waals surface area contributed by atoms with Crippen molar-refractivity contribution in [3.8, 4) is 0 Å². The van der Waals surface area contributed by atoms with Crippen molar-refractivity contribution >= 4 is 16.0 Å². The monoisotopic (exact) mass is 263 g/mol. The van der Waals surface area contributed by atoms with Crippen LogP contribution in [-0.2, 0) is 14.8 Å². The molecular formula is C11H21NO4S. The molecule has 2 atom stereocenters. The molecule has 0 amide bonds. The van der Waals surface area contributed by atoms with E-state index in [1.165, 1.54) is 4.31 Å². The van der Waals surface area contributed by atoms with E-state index in [9.17, 15) is 13.2 Å². The number of rotatable bonds is 5. The highest BCUT2D eigenvalue weighted by atomic mass is 32.2. The van der Waals surface area contributed by atoms with Gasteiger partial charge in [-0.1, -0.05) is 13.8 Å². The number of sulfonamides is 1. The molecule has 2 unspecified atom stereocenters. The Labute approximate surface area is 103 Å². The molecular weight excluding hydrogens is 242 g/mol. The second kappa shape index (κ2) is 5.82. The topological polar surface area (TPSA) is 74.7 Å². The Morgan fingerprint density at radius 2 is 1.82 bits per heavy atom. The first-order valence-corrected chi connectivity index (χ1v) is 7.62. The molecule has 5 nitrogen and oxygen atoms in total. The van der Waals surface area contributed by atoms with E-state index < -0.39 is 16.0 Å². The van der Waals surface area contributed by atoms with Crippen LogP contribution in [0, 0.1) is 11.8 Å². The van der Waals surface area contributed by atoms with Crippen LogP contribution in [0.3, 0.4) is 0 Å². The lowest BCUT2D eigenvalue weighted by Gasteiger charge is -2.34. The Balaban J connectivity index is 2.54. The molecule has 0 bridgehead atoms. The third-order valence-corrected chi connectivity index (χ3v) is 4.91. The molecule has 100 valence electrons. The summed E-state index contributed by atoms with van der Waals surface area (Å²) in [5, 5.41) is 8.50. The third-order valence-electron chi connectivity index (χ3n) is 3.02. The Kier molecular flexibility index (Phi) is 4.94. The maximum Gasteiger partial charge on any atom is 0.303 e. The average molecular weight is 263 g/mol. The average Bonchev–Trinajstić information content (AvgIpc) is 2.14. The van der Waals surface area contributed by atoms with E-state index in [-0.39, 0.29) is 18.6 Å². The second-order valence-electron chi connectivity index (χ2n) is 5.08. The van der Waals surface area contributed by atoms with Gasteiger partial charge in [0.15, 0.2) is 0 Å². The zero-order valence-corrected chi connectivity index (χ0v) is 11.2. The summed E-state index contributed by atoms with van der Waals surface area (Å²) < 4.78 is 25.5. The second-order valence-corrected chi connectivity index (χ2v) is 7.16. The van der Waals surface area contributed by atoms with Gasteiger partial charge in [0.2, 0.25) is 10.0 Å². The summed E-state index contributed by atoms with van der Waals surface area (Å²) in [6.07, 6.45) is 1.16. The fourth-order valence-electron chi connectivity index (χ4n) is 2.37. The number of hydrogen-bond donors (Lipinski definition) is 1. The molecule has 0 aromatic rings. The maximum absolute atomic E-state index is 12.0. The van der Waals surface area contributed by atoms with Gasteiger partial charge in [-0.2, -0.15) is 0 Å². The van der Waals surface area contributed by atoms with Crippen molar-refractivity contribution < 1.29 is 18.3 Å². The first-order chi connectivity index (χ1) is 7.81. The molecule has 1 aliphatic rings. The van der Waals surface area contributed by atoms with E-state index in [1.54, 1.807) is 0 Å². The molecule has 1 fully saturated rings. The summed E-state index contributed by atoms with van der Waals surface area (Å²) in [4.78, 5) is 10.4. The number of carboxylic acids is 1. The Bertz CT molecular complexity index is 356. The van der Waals surface area contributed by atoms with E-state index in [1.807, 2.05) is 0 Å². The summed E-state index contributed by atoms with van der Waals surface area (Å²) in [6, 6.07) is 0. The minimum absolute atomic E-state index is 0.0568. The SMILES string of the molecule is CC1CC(C)CN(S(=O)(=O)CCCC(=O)O)C1. The van der Waals surface area contributed by atoms with E-state index in [2.05, 4.69) is 13.8 Å². The Morgan fingerprint density at radius 3 is 2.29 bits per heavy atom. The van der Waals surface area contributed by atoms with Gasteiger partial charge in [-0.3, -0.25) is 4.79 Å². The van der Waals surface area contributed by atoms with E-state index >= 15 is 0 Å². The van der Waals surface area contributed by atoms with Crippen molar-refractivity contribution in [2.75, 3.05) is 18.8 Å². The quantitative estimate of drug-likeness (QED) is 0.807. The number of aliphatic carboxylic acids is 1. The molecule has 1 saturated heterocycles. The predicted molar refractivity (Wildman–Crippen MR) is 65.2 cm³/mol. The highest BCUT2D eigenvalue weighted by Gasteiger charge is 2.29. The Morgan fingerprint density at radius 1 is 1.29 bits per heavy atom. The molecule has 0 spiro atoms. The predicted octanol–water partition coefficient (Wildman–Crippen LogP) is 1.16. The van der Waals surface area contributed by atoms with E-state index in [0.717, 1.165) is 6.42 Å². The first-order valence-electron chi connectivity index (χ1n) is 6.01. The standard InChI is InChI=1S/C11H21NO4S/c1-9-6-10(2)8-12(7-9)17(15,16)5-3-4-11(13)14/h9-10H,3-8H2,1-2H3,(H,13,14). The van der Waals surface area contributed by atoms with E-state index in [4.69, 9.17) is 5.11 Å². The van der Waals surface area contributed by atoms with E-state index in [0.29, 0.717) is 24.9 Å². The van der Waals surface area contributed by atoms with Crippen LogP contribution in [0.25, 0.3) is 0 Å². The van der Waals surface area contributed by atoms with Crippen LogP contribution in [0.4, 0.5) is 0 Å². The largest absolute Gasteiger partial charge is 0.481 e. The zero-order chi connectivity index (χ0) is 13.1. The van der Waals surface area contributed by atoms with Crippen LogP contribution in [-0.4, -0.2) is 42.6 Å². The van der Waals surface area contributed by atoms with Gasteiger partial charge >= 0.3 is 5.97 Å². The molecule has 17 heavy (non-hydrogen) atoms. The molecule has 1 aliphatic heterocycles. The summed E-state index contributed by atoms with van der Waals surface area (Å²) in [5.74, 6) is -0.236. The molecule has 1 N–H and O–H groups in total. The number of nitrogens with zero attached hydrogens (tertiary/aromatic N) is 1. The summed E-state index contributed by atoms with van der Waals surface area (Å²) in [5.41, 5.74) is 0. The lowest BCUT2D eigenvalue weighted by Crippen LogP contribution is -2.43. The van der Waals surface area contributed by atoms with Crippen molar-refractivity contribution in [1.29, 1.82) is 0 Å². The smallest absolute Gasteiger partial charge is 0.303 e. The lowest BCUT2D eigenvalue weighted by molar-refractivity contribution is -0.137. The van der Waals surface area contributed by atoms with Crippen molar-refractivity contribution in [2.24, 2.45) is 11.8 Å². The van der Waals surface area contributed by atoms with Gasteiger partial charge in [-0.05, 0) is 24.7 Å². The number of hydrogen-bond acceptors (Lipinski definition) is 3. The number of carbonyl (C=O) groups is 1. The van der Waals surface area contributed by atoms with Gasteiger partial charge < -0.3 is 5.11 Å². The van der Waals surface area contributed by atoms with Crippen molar-refractivity contribution in [3.63, 3.8) is 0 Å². The molecule has 0 aromatic carbocycles. The van der Waals surface area contributed by atoms with Gasteiger partial charge in [0.1, 0.15) is 0 Å². The van der Waals surface area contributed by atoms with Gasteiger partial charge in [-0.15, -0.1) is 0 Å². The first kappa shape index (κ1) is 14.4. The maximum atomic E-state index is 12.0. The number of piperidine rings is 1. The third kappa shape index (κ3) is 4.63. The van der Waals surface area contributed by atoms with Crippen LogP contribution in [0.15, 0.2) is 0 Å². The van der Waals surface area contributed by atoms with Gasteiger partial charge in [0, 0.05) is 19.5 Å². The molecule has 0 aromatic heterocycles. The summed E-state index contributed by atoms with van der Waals surface area (Å²) >= 11 is 0. The lowest BCUT2D eigenvalue weighted by atomic mass is 9.94.